The van der Waals surface area contributed by atoms with Crippen LogP contribution in [0.25, 0.3) is 0 Å². The van der Waals surface area contributed by atoms with E-state index in [1.54, 1.807) is 31.3 Å². The number of pyridine rings is 1. The average molecular weight is 683 g/mol. The minimum Gasteiger partial charge on any atom is -0.497 e. The molecule has 3 aromatic carbocycles. The third-order valence-corrected chi connectivity index (χ3v) is 8.73. The molecule has 0 unspecified atom stereocenters. The summed E-state index contributed by atoms with van der Waals surface area (Å²) in [5, 5.41) is 15.7. The predicted molar refractivity (Wildman–Crippen MR) is 187 cm³/mol. The summed E-state index contributed by atoms with van der Waals surface area (Å²) in [6.45, 7) is 0.491. The SMILES string of the molecule is COc1ccc(CN2CC[C@H](C[C@@H](CO)NC(=O)[C@H](Cc3ccccc3)n3cccc(NC(=O)OCc4ccccc4)c3=O)C2=O)c(OC)c1. The molecule has 262 valence electrons. The summed E-state index contributed by atoms with van der Waals surface area (Å²) in [5.41, 5.74) is 1.77. The molecular formula is C38H42N4O8. The first kappa shape index (κ1) is 35.7. The van der Waals surface area contributed by atoms with Gasteiger partial charge in [0.15, 0.2) is 0 Å². The van der Waals surface area contributed by atoms with Gasteiger partial charge in [0, 0.05) is 43.3 Å². The third-order valence-electron chi connectivity index (χ3n) is 8.73. The summed E-state index contributed by atoms with van der Waals surface area (Å²) >= 11 is 0. The molecule has 0 bridgehead atoms. The zero-order valence-corrected chi connectivity index (χ0v) is 28.1. The van der Waals surface area contributed by atoms with Gasteiger partial charge < -0.3 is 34.1 Å². The number of methoxy groups -OCH3 is 2. The number of hydrogen-bond acceptors (Lipinski definition) is 8. The van der Waals surface area contributed by atoms with E-state index in [-0.39, 0.29) is 31.0 Å². The monoisotopic (exact) mass is 682 g/mol. The lowest BCUT2D eigenvalue weighted by Crippen LogP contribution is -2.45. The smallest absolute Gasteiger partial charge is 0.412 e. The number of anilines is 1. The number of hydrogen-bond donors (Lipinski definition) is 3. The highest BCUT2D eigenvalue weighted by Gasteiger charge is 2.35. The molecular weight excluding hydrogens is 640 g/mol. The number of rotatable bonds is 15. The van der Waals surface area contributed by atoms with Crippen molar-refractivity contribution in [2.24, 2.45) is 5.92 Å². The molecule has 12 heteroatoms. The lowest BCUT2D eigenvalue weighted by Gasteiger charge is -2.25. The normalized spacial score (nSPS) is 15.2. The van der Waals surface area contributed by atoms with E-state index in [2.05, 4.69) is 10.6 Å². The number of nitrogens with one attached hydrogen (secondary N) is 2. The Balaban J connectivity index is 1.28. The number of carbonyl (C=O) groups excluding carboxylic acids is 3. The second kappa shape index (κ2) is 17.2. The summed E-state index contributed by atoms with van der Waals surface area (Å²) < 4.78 is 17.3. The van der Waals surface area contributed by atoms with Crippen LogP contribution in [0.15, 0.2) is 102 Å². The van der Waals surface area contributed by atoms with E-state index < -0.39 is 42.2 Å². The largest absolute Gasteiger partial charge is 0.497 e. The van der Waals surface area contributed by atoms with Crippen LogP contribution in [0.4, 0.5) is 10.5 Å². The van der Waals surface area contributed by atoms with E-state index in [0.717, 1.165) is 16.7 Å². The van der Waals surface area contributed by atoms with Crippen LogP contribution >= 0.6 is 0 Å². The highest BCUT2D eigenvalue weighted by molar-refractivity contribution is 5.85. The summed E-state index contributed by atoms with van der Waals surface area (Å²) in [6, 6.07) is 25.0. The molecule has 3 N–H and O–H groups in total. The number of nitrogens with zero attached hydrogens (tertiary/aromatic N) is 2. The van der Waals surface area contributed by atoms with Crippen LogP contribution in [0.1, 0.15) is 35.6 Å². The molecule has 50 heavy (non-hydrogen) atoms. The van der Waals surface area contributed by atoms with Crippen LogP contribution in [0, 0.1) is 5.92 Å². The van der Waals surface area contributed by atoms with Crippen molar-refractivity contribution in [3.05, 3.63) is 124 Å². The van der Waals surface area contributed by atoms with Crippen LogP contribution in [-0.4, -0.2) is 65.9 Å². The Bertz CT molecular complexity index is 1810. The average Bonchev–Trinajstić information content (AvgIpc) is 3.48. The Morgan fingerprint density at radius 3 is 2.32 bits per heavy atom. The van der Waals surface area contributed by atoms with Crippen molar-refractivity contribution in [2.75, 3.05) is 32.7 Å². The van der Waals surface area contributed by atoms with Crippen LogP contribution in [0.5, 0.6) is 11.5 Å². The van der Waals surface area contributed by atoms with E-state index in [9.17, 15) is 24.3 Å². The molecule has 1 aliphatic rings. The van der Waals surface area contributed by atoms with Gasteiger partial charge in [-0.3, -0.25) is 19.7 Å². The fourth-order valence-electron chi connectivity index (χ4n) is 6.06. The van der Waals surface area contributed by atoms with E-state index in [1.165, 1.54) is 16.8 Å². The van der Waals surface area contributed by atoms with Crippen LogP contribution < -0.4 is 25.7 Å². The molecule has 0 radical (unpaired) electrons. The van der Waals surface area contributed by atoms with Crippen LogP contribution in [-0.2, 0) is 33.9 Å². The van der Waals surface area contributed by atoms with Gasteiger partial charge in [0.1, 0.15) is 29.8 Å². The fourth-order valence-corrected chi connectivity index (χ4v) is 6.06. The molecule has 5 rings (SSSR count). The minimum atomic E-state index is -1.03. The van der Waals surface area contributed by atoms with Crippen molar-refractivity contribution in [1.82, 2.24) is 14.8 Å². The molecule has 0 saturated carbocycles. The predicted octanol–water partition coefficient (Wildman–Crippen LogP) is 4.31. The Morgan fingerprint density at radius 2 is 1.64 bits per heavy atom. The number of amides is 3. The zero-order valence-electron chi connectivity index (χ0n) is 28.1. The number of likely N-dealkylation sites (tertiary alicyclic amines) is 1. The summed E-state index contributed by atoms with van der Waals surface area (Å²) in [4.78, 5) is 55.3. The van der Waals surface area contributed by atoms with E-state index >= 15 is 0 Å². The molecule has 3 amide bonds. The molecule has 3 atom stereocenters. The lowest BCUT2D eigenvalue weighted by atomic mass is 9.98. The molecule has 1 fully saturated rings. The topological polar surface area (TPSA) is 148 Å². The van der Waals surface area contributed by atoms with Crippen molar-refractivity contribution in [2.45, 2.75) is 44.5 Å². The first-order chi connectivity index (χ1) is 24.3. The van der Waals surface area contributed by atoms with Crippen molar-refractivity contribution < 1.29 is 33.7 Å². The molecule has 2 heterocycles. The van der Waals surface area contributed by atoms with E-state index in [1.807, 2.05) is 72.8 Å². The molecule has 1 aliphatic heterocycles. The number of aliphatic hydroxyl groups excluding tert-OH is 1. The Labute approximate surface area is 290 Å². The van der Waals surface area contributed by atoms with Gasteiger partial charge in [-0.2, -0.15) is 0 Å². The van der Waals surface area contributed by atoms with Crippen molar-refractivity contribution in [1.29, 1.82) is 0 Å². The summed E-state index contributed by atoms with van der Waals surface area (Å²) in [6.07, 6.45) is 1.61. The molecule has 12 nitrogen and oxygen atoms in total. The first-order valence-corrected chi connectivity index (χ1v) is 16.4. The number of aliphatic hydroxyl groups is 1. The first-order valence-electron chi connectivity index (χ1n) is 16.4. The second-order valence-corrected chi connectivity index (χ2v) is 12.1. The Morgan fingerprint density at radius 1 is 0.920 bits per heavy atom. The van der Waals surface area contributed by atoms with Crippen molar-refractivity contribution >= 4 is 23.6 Å². The maximum Gasteiger partial charge on any atom is 0.412 e. The van der Waals surface area contributed by atoms with Crippen LogP contribution in [0.2, 0.25) is 0 Å². The van der Waals surface area contributed by atoms with Gasteiger partial charge in [-0.05, 0) is 48.2 Å². The maximum absolute atomic E-state index is 13.9. The van der Waals surface area contributed by atoms with Gasteiger partial charge in [-0.25, -0.2) is 4.79 Å². The maximum atomic E-state index is 13.9. The van der Waals surface area contributed by atoms with Gasteiger partial charge in [-0.1, -0.05) is 60.7 Å². The molecule has 1 saturated heterocycles. The molecule has 4 aromatic rings. The van der Waals surface area contributed by atoms with E-state index in [4.69, 9.17) is 14.2 Å². The number of aromatic nitrogens is 1. The number of carbonyl (C=O) groups is 3. The molecule has 0 aliphatic carbocycles. The number of benzene rings is 3. The summed E-state index contributed by atoms with van der Waals surface area (Å²) in [5.74, 6) is 0.259. The number of ether oxygens (including phenoxy) is 3. The van der Waals surface area contributed by atoms with Gasteiger partial charge >= 0.3 is 6.09 Å². The Hall–Kier alpha value is -5.62. The van der Waals surface area contributed by atoms with Gasteiger partial charge in [0.05, 0.1) is 26.9 Å². The standard InChI is InChI=1S/C38H42N4O8/c1-48-31-16-15-29(34(22-31)49-2)23-41-19-17-28(36(41)45)21-30(24-43)39-35(44)33(20-26-10-5-3-6-11-26)42-18-9-14-32(37(42)46)40-38(47)50-25-27-12-7-4-8-13-27/h3-16,18,22,28,30,33,43H,17,19-21,23-25H2,1-2H3,(H,39,44)(H,40,47)/t28-,30+,33+/m1/s1. The van der Waals surface area contributed by atoms with E-state index in [0.29, 0.717) is 31.0 Å². The highest BCUT2D eigenvalue weighted by Crippen LogP contribution is 2.30. The van der Waals surface area contributed by atoms with Crippen molar-refractivity contribution in [3.8, 4) is 11.5 Å². The van der Waals surface area contributed by atoms with Gasteiger partial charge in [0.2, 0.25) is 11.8 Å². The van der Waals surface area contributed by atoms with Crippen molar-refractivity contribution in [3.63, 3.8) is 0 Å². The molecule has 1 aromatic heterocycles. The third kappa shape index (κ3) is 9.08. The highest BCUT2D eigenvalue weighted by atomic mass is 16.5. The lowest BCUT2D eigenvalue weighted by molar-refractivity contribution is -0.132. The quantitative estimate of drug-likeness (QED) is 0.168. The van der Waals surface area contributed by atoms with Gasteiger partial charge in [-0.15, -0.1) is 0 Å². The zero-order chi connectivity index (χ0) is 35.5. The molecule has 0 spiro atoms. The summed E-state index contributed by atoms with van der Waals surface area (Å²) in [7, 11) is 3.14. The second-order valence-electron chi connectivity index (χ2n) is 12.1. The minimum absolute atomic E-state index is 0.0201. The van der Waals surface area contributed by atoms with Gasteiger partial charge in [0.25, 0.3) is 5.56 Å². The fraction of sp³-hybridized carbons (Fsp3) is 0.316. The van der Waals surface area contributed by atoms with Crippen LogP contribution in [0.3, 0.4) is 0 Å². The Kier molecular flexibility index (Phi) is 12.2.